The predicted octanol–water partition coefficient (Wildman–Crippen LogP) is 4.71. The van der Waals surface area contributed by atoms with Crippen LogP contribution in [0.1, 0.15) is 36.5 Å². The number of nitrogens with zero attached hydrogens (tertiary/aromatic N) is 2. The molecule has 0 bridgehead atoms. The van der Waals surface area contributed by atoms with Crippen LogP contribution in [-0.4, -0.2) is 4.57 Å². The van der Waals surface area contributed by atoms with Crippen LogP contribution in [0, 0.1) is 13.8 Å². The monoisotopic (exact) mass is 305 g/mol. The van der Waals surface area contributed by atoms with Crippen molar-refractivity contribution < 1.29 is 4.57 Å². The fourth-order valence-electron chi connectivity index (χ4n) is 3.28. The summed E-state index contributed by atoms with van der Waals surface area (Å²) < 4.78 is 4.55. The molecule has 0 saturated heterocycles. The minimum atomic E-state index is 0.488. The first-order chi connectivity index (χ1) is 11.0. The molecule has 0 aliphatic rings. The van der Waals surface area contributed by atoms with Crippen LogP contribution in [0.25, 0.3) is 17.1 Å². The Morgan fingerprint density at radius 1 is 0.913 bits per heavy atom. The van der Waals surface area contributed by atoms with Gasteiger partial charge < -0.3 is 0 Å². The molecule has 1 heterocycles. The van der Waals surface area contributed by atoms with Crippen LogP contribution >= 0.6 is 0 Å². The van der Waals surface area contributed by atoms with Crippen molar-refractivity contribution in [2.45, 2.75) is 33.6 Å². The predicted molar refractivity (Wildman–Crippen MR) is 95.9 cm³/mol. The number of para-hydroxylation sites is 1. The molecule has 2 aromatic carbocycles. The largest absolute Gasteiger partial charge is 0.294 e. The molecule has 2 heteroatoms. The van der Waals surface area contributed by atoms with Crippen molar-refractivity contribution in [3.05, 3.63) is 71.5 Å². The van der Waals surface area contributed by atoms with Gasteiger partial charge >= 0.3 is 0 Å². The van der Waals surface area contributed by atoms with Crippen LogP contribution in [0.2, 0.25) is 0 Å². The summed E-state index contributed by atoms with van der Waals surface area (Å²) in [6.07, 6.45) is 4.31. The average Bonchev–Trinajstić information content (AvgIpc) is 2.89. The Hall–Kier alpha value is -2.35. The zero-order valence-electron chi connectivity index (χ0n) is 14.7. The molecular weight excluding hydrogens is 280 g/mol. The molecule has 118 valence electrons. The number of hydrogen-bond donors (Lipinski definition) is 0. The van der Waals surface area contributed by atoms with Crippen molar-refractivity contribution in [2.24, 2.45) is 7.05 Å². The fourth-order valence-corrected chi connectivity index (χ4v) is 3.28. The van der Waals surface area contributed by atoms with E-state index in [1.54, 1.807) is 0 Å². The van der Waals surface area contributed by atoms with Gasteiger partial charge in [0.15, 0.2) is 0 Å². The standard InChI is InChI=1S/C21H25N2/c1-15(2)18-12-8-10-17(4)20(18)23-14-13-22(5)21(23)19-11-7-6-9-16(19)3/h6-15H,1-5H3/q+1. The van der Waals surface area contributed by atoms with Crippen LogP contribution in [0.4, 0.5) is 0 Å². The number of rotatable bonds is 3. The normalized spacial score (nSPS) is 11.2. The van der Waals surface area contributed by atoms with Gasteiger partial charge in [0.2, 0.25) is 0 Å². The third-order valence-corrected chi connectivity index (χ3v) is 4.52. The van der Waals surface area contributed by atoms with E-state index in [9.17, 15) is 0 Å². The summed E-state index contributed by atoms with van der Waals surface area (Å²) in [6.45, 7) is 8.89. The minimum absolute atomic E-state index is 0.488. The summed E-state index contributed by atoms with van der Waals surface area (Å²) in [7, 11) is 2.12. The number of hydrogen-bond acceptors (Lipinski definition) is 0. The van der Waals surface area contributed by atoms with E-state index in [0.717, 1.165) is 0 Å². The molecule has 3 rings (SSSR count). The molecule has 0 fully saturated rings. The SMILES string of the molecule is Cc1ccccc1-c1n(-c2c(C)cccc2C(C)C)cc[n+]1C. The number of aromatic nitrogens is 2. The molecule has 0 atom stereocenters. The first kappa shape index (κ1) is 15.5. The van der Waals surface area contributed by atoms with Gasteiger partial charge in [-0.3, -0.25) is 0 Å². The van der Waals surface area contributed by atoms with E-state index >= 15 is 0 Å². The van der Waals surface area contributed by atoms with E-state index < -0.39 is 0 Å². The van der Waals surface area contributed by atoms with Gasteiger partial charge in [0.1, 0.15) is 18.1 Å². The lowest BCUT2D eigenvalue weighted by Crippen LogP contribution is -2.29. The highest BCUT2D eigenvalue weighted by Crippen LogP contribution is 2.30. The summed E-state index contributed by atoms with van der Waals surface area (Å²) in [4.78, 5) is 0. The Kier molecular flexibility index (Phi) is 4.08. The van der Waals surface area contributed by atoms with Crippen molar-refractivity contribution in [2.75, 3.05) is 0 Å². The summed E-state index contributed by atoms with van der Waals surface area (Å²) in [5, 5.41) is 0. The maximum Gasteiger partial charge on any atom is 0.294 e. The van der Waals surface area contributed by atoms with Crippen molar-refractivity contribution in [1.82, 2.24) is 4.57 Å². The number of aryl methyl sites for hydroxylation is 3. The number of benzene rings is 2. The maximum atomic E-state index is 2.34. The van der Waals surface area contributed by atoms with Gasteiger partial charge in [0.05, 0.1) is 12.6 Å². The Morgan fingerprint density at radius 2 is 1.61 bits per heavy atom. The van der Waals surface area contributed by atoms with Crippen molar-refractivity contribution in [3.63, 3.8) is 0 Å². The van der Waals surface area contributed by atoms with Gasteiger partial charge in [0, 0.05) is 5.56 Å². The van der Waals surface area contributed by atoms with Gasteiger partial charge in [-0.25, -0.2) is 4.57 Å². The van der Waals surface area contributed by atoms with E-state index in [1.807, 2.05) is 0 Å². The summed E-state index contributed by atoms with van der Waals surface area (Å²) in [6, 6.07) is 15.2. The van der Waals surface area contributed by atoms with E-state index in [2.05, 4.69) is 98.7 Å². The average molecular weight is 305 g/mol. The van der Waals surface area contributed by atoms with Crippen LogP contribution in [0.3, 0.4) is 0 Å². The first-order valence-electron chi connectivity index (χ1n) is 8.23. The van der Waals surface area contributed by atoms with E-state index in [4.69, 9.17) is 0 Å². The zero-order valence-corrected chi connectivity index (χ0v) is 14.7. The summed E-state index contributed by atoms with van der Waals surface area (Å²) >= 11 is 0. The van der Waals surface area contributed by atoms with Crippen LogP contribution in [0.15, 0.2) is 54.9 Å². The van der Waals surface area contributed by atoms with Gasteiger partial charge in [-0.15, -0.1) is 0 Å². The third-order valence-electron chi connectivity index (χ3n) is 4.52. The molecule has 0 unspecified atom stereocenters. The fraction of sp³-hybridized carbons (Fsp3) is 0.286. The van der Waals surface area contributed by atoms with E-state index in [1.165, 1.54) is 33.8 Å². The van der Waals surface area contributed by atoms with Crippen molar-refractivity contribution in [1.29, 1.82) is 0 Å². The molecular formula is C21H25N2+. The Bertz CT molecular complexity index is 841. The first-order valence-corrected chi connectivity index (χ1v) is 8.23. The third kappa shape index (κ3) is 2.70. The molecule has 2 nitrogen and oxygen atoms in total. The molecule has 0 N–H and O–H groups in total. The lowest BCUT2D eigenvalue weighted by Gasteiger charge is -2.14. The second kappa shape index (κ2) is 6.04. The highest BCUT2D eigenvalue weighted by Gasteiger charge is 2.24. The molecule has 0 amide bonds. The van der Waals surface area contributed by atoms with Crippen molar-refractivity contribution >= 4 is 0 Å². The molecule has 0 aliphatic heterocycles. The quantitative estimate of drug-likeness (QED) is 0.620. The Labute approximate surface area is 139 Å². The molecule has 3 aromatic rings. The van der Waals surface area contributed by atoms with Crippen LogP contribution in [-0.2, 0) is 7.05 Å². The van der Waals surface area contributed by atoms with E-state index in [0.29, 0.717) is 5.92 Å². The number of imidazole rings is 1. The lowest BCUT2D eigenvalue weighted by molar-refractivity contribution is -0.659. The Balaban J connectivity index is 2.31. The summed E-state index contributed by atoms with van der Waals surface area (Å²) in [5.41, 5.74) is 6.57. The summed E-state index contributed by atoms with van der Waals surface area (Å²) in [5.74, 6) is 1.71. The van der Waals surface area contributed by atoms with Crippen LogP contribution in [0.5, 0.6) is 0 Å². The van der Waals surface area contributed by atoms with E-state index in [-0.39, 0.29) is 0 Å². The second-order valence-electron chi connectivity index (χ2n) is 6.59. The topological polar surface area (TPSA) is 8.81 Å². The molecule has 1 aromatic heterocycles. The Morgan fingerprint density at radius 3 is 2.30 bits per heavy atom. The van der Waals surface area contributed by atoms with Gasteiger partial charge in [-0.2, -0.15) is 4.57 Å². The van der Waals surface area contributed by atoms with Gasteiger partial charge in [-0.1, -0.05) is 50.2 Å². The van der Waals surface area contributed by atoms with Crippen molar-refractivity contribution in [3.8, 4) is 17.1 Å². The smallest absolute Gasteiger partial charge is 0.232 e. The molecule has 0 radical (unpaired) electrons. The second-order valence-corrected chi connectivity index (χ2v) is 6.59. The lowest BCUT2D eigenvalue weighted by atomic mass is 9.97. The molecule has 23 heavy (non-hydrogen) atoms. The highest BCUT2D eigenvalue weighted by atomic mass is 15.1. The maximum absolute atomic E-state index is 2.34. The molecule has 0 aliphatic carbocycles. The van der Waals surface area contributed by atoms with Gasteiger partial charge in [0.25, 0.3) is 5.82 Å². The van der Waals surface area contributed by atoms with Crippen LogP contribution < -0.4 is 4.57 Å². The highest BCUT2D eigenvalue weighted by molar-refractivity contribution is 5.62. The molecule has 0 spiro atoms. The van der Waals surface area contributed by atoms with Gasteiger partial charge in [-0.05, 0) is 37.0 Å². The zero-order chi connectivity index (χ0) is 16.6. The minimum Gasteiger partial charge on any atom is -0.232 e. The molecule has 0 saturated carbocycles.